The molecule has 1 atom stereocenters. The lowest BCUT2D eigenvalue weighted by molar-refractivity contribution is -0.689. The van der Waals surface area contributed by atoms with Crippen molar-refractivity contribution in [3.05, 3.63) is 70.7 Å². The monoisotopic (exact) mass is 335 g/mol. The van der Waals surface area contributed by atoms with Crippen LogP contribution in [0.15, 0.2) is 54.6 Å². The molecule has 0 unspecified atom stereocenters. The Bertz CT molecular complexity index is 602. The van der Waals surface area contributed by atoms with E-state index in [1.165, 1.54) is 12.1 Å². The van der Waals surface area contributed by atoms with E-state index in [4.69, 9.17) is 11.6 Å². The van der Waals surface area contributed by atoms with Gasteiger partial charge in [-0.1, -0.05) is 60.1 Å². The molecule has 0 heterocycles. The molecule has 0 aliphatic heterocycles. The van der Waals surface area contributed by atoms with Crippen molar-refractivity contribution in [1.82, 2.24) is 0 Å². The summed E-state index contributed by atoms with van der Waals surface area (Å²) in [5.41, 5.74) is 1.03. The van der Waals surface area contributed by atoms with E-state index < -0.39 is 12.1 Å². The van der Waals surface area contributed by atoms with Crippen molar-refractivity contribution in [3.63, 3.8) is 0 Å². The molecule has 0 saturated carbocycles. The van der Waals surface area contributed by atoms with Crippen molar-refractivity contribution in [1.29, 1.82) is 0 Å². The number of carbonyl (C=O) groups is 1. The van der Waals surface area contributed by atoms with Crippen molar-refractivity contribution >= 4 is 17.6 Å². The zero-order valence-corrected chi connectivity index (χ0v) is 14.0. The highest BCUT2D eigenvalue weighted by Gasteiger charge is 2.12. The highest BCUT2D eigenvalue weighted by molar-refractivity contribution is 6.31. The minimum absolute atomic E-state index is 0.220. The topological polar surface area (TPSA) is 77.0 Å². The van der Waals surface area contributed by atoms with E-state index in [1.807, 2.05) is 18.2 Å². The highest BCUT2D eigenvalue weighted by atomic mass is 35.5. The first-order chi connectivity index (χ1) is 10.9. The predicted molar refractivity (Wildman–Crippen MR) is 89.1 cm³/mol. The van der Waals surface area contributed by atoms with Gasteiger partial charge in [0.05, 0.1) is 12.0 Å². The minimum Gasteiger partial charge on any atom is -0.545 e. The molecule has 0 aliphatic carbocycles. The Morgan fingerprint density at radius 1 is 1.13 bits per heavy atom. The molecule has 0 fully saturated rings. The molecular formula is C18H22ClNO3. The van der Waals surface area contributed by atoms with Crippen LogP contribution in [-0.2, 0) is 0 Å². The Labute approximate surface area is 141 Å². The van der Waals surface area contributed by atoms with Gasteiger partial charge >= 0.3 is 0 Å². The second-order valence-corrected chi connectivity index (χ2v) is 5.81. The predicted octanol–water partition coefficient (Wildman–Crippen LogP) is 1.40. The van der Waals surface area contributed by atoms with Crippen LogP contribution < -0.4 is 10.4 Å². The van der Waals surface area contributed by atoms with Crippen LogP contribution in [0.25, 0.3) is 0 Å². The maximum atomic E-state index is 10.1. The quantitative estimate of drug-likeness (QED) is 0.867. The van der Waals surface area contributed by atoms with Crippen molar-refractivity contribution in [3.8, 4) is 0 Å². The summed E-state index contributed by atoms with van der Waals surface area (Å²) in [7, 11) is 0. The largest absolute Gasteiger partial charge is 0.545 e. The summed E-state index contributed by atoms with van der Waals surface area (Å²) in [6.45, 7) is 4.85. The first kappa shape index (κ1) is 19.2. The number of aliphatic hydroxyl groups is 1. The van der Waals surface area contributed by atoms with Gasteiger partial charge in [-0.15, -0.1) is 0 Å². The van der Waals surface area contributed by atoms with E-state index in [2.05, 4.69) is 19.2 Å². The van der Waals surface area contributed by atoms with E-state index >= 15 is 0 Å². The average Bonchev–Trinajstić information content (AvgIpc) is 2.54. The van der Waals surface area contributed by atoms with Gasteiger partial charge < -0.3 is 20.3 Å². The molecule has 3 N–H and O–H groups in total. The number of carboxylic acids is 1. The summed E-state index contributed by atoms with van der Waals surface area (Å²) >= 11 is 5.96. The van der Waals surface area contributed by atoms with Crippen LogP contribution in [0.4, 0.5) is 0 Å². The third kappa shape index (κ3) is 7.28. The maximum Gasteiger partial charge on any atom is 0.129 e. The molecule has 0 aliphatic rings. The van der Waals surface area contributed by atoms with Crippen molar-refractivity contribution in [2.24, 2.45) is 0 Å². The Morgan fingerprint density at radius 2 is 1.70 bits per heavy atom. The van der Waals surface area contributed by atoms with Gasteiger partial charge in [-0.3, -0.25) is 0 Å². The fraction of sp³-hybridized carbons (Fsp3) is 0.278. The first-order valence-corrected chi connectivity index (χ1v) is 7.81. The summed E-state index contributed by atoms with van der Waals surface area (Å²) < 4.78 is 0. The first-order valence-electron chi connectivity index (χ1n) is 7.44. The van der Waals surface area contributed by atoms with Crippen molar-refractivity contribution in [2.75, 3.05) is 6.54 Å². The molecule has 0 spiro atoms. The minimum atomic E-state index is -1.13. The van der Waals surface area contributed by atoms with Crippen LogP contribution in [0.2, 0.25) is 5.02 Å². The average molecular weight is 336 g/mol. The van der Waals surface area contributed by atoms with Crippen molar-refractivity contribution < 1.29 is 20.3 Å². The van der Waals surface area contributed by atoms with Crippen LogP contribution in [0.3, 0.4) is 0 Å². The van der Waals surface area contributed by atoms with Gasteiger partial charge in [0, 0.05) is 10.6 Å². The molecule has 23 heavy (non-hydrogen) atoms. The van der Waals surface area contributed by atoms with E-state index in [-0.39, 0.29) is 5.56 Å². The van der Waals surface area contributed by atoms with Crippen LogP contribution in [0.1, 0.15) is 35.9 Å². The number of aromatic carboxylic acids is 1. The Balaban J connectivity index is 0.000000253. The highest BCUT2D eigenvalue weighted by Crippen LogP contribution is 2.21. The summed E-state index contributed by atoms with van der Waals surface area (Å²) in [4.78, 5) is 10.1. The Morgan fingerprint density at radius 3 is 2.17 bits per heavy atom. The smallest absolute Gasteiger partial charge is 0.129 e. The second-order valence-electron chi connectivity index (χ2n) is 5.41. The molecule has 124 valence electrons. The normalized spacial score (nSPS) is 11.5. The van der Waals surface area contributed by atoms with Gasteiger partial charge in [0.15, 0.2) is 0 Å². The number of hydrogen-bond acceptors (Lipinski definition) is 3. The number of quaternary nitrogens is 1. The van der Waals surface area contributed by atoms with E-state index in [0.29, 0.717) is 17.6 Å². The number of nitrogens with two attached hydrogens (primary N) is 1. The number of hydrogen-bond donors (Lipinski definition) is 2. The fourth-order valence-electron chi connectivity index (χ4n) is 1.85. The SMILES string of the molecule is CC(C)[NH2+]C[C@H](O)c1ccccc1Cl.O=C([O-])c1ccccc1. The summed E-state index contributed by atoms with van der Waals surface area (Å²) in [5, 5.41) is 22.7. The number of aliphatic hydroxyl groups excluding tert-OH is 1. The second kappa shape index (κ2) is 10.0. The Hall–Kier alpha value is -1.88. The molecule has 2 aromatic carbocycles. The van der Waals surface area contributed by atoms with Gasteiger partial charge in [-0.25, -0.2) is 0 Å². The molecule has 5 heteroatoms. The molecule has 4 nitrogen and oxygen atoms in total. The van der Waals surface area contributed by atoms with Crippen molar-refractivity contribution in [2.45, 2.75) is 26.0 Å². The van der Waals surface area contributed by atoms with Gasteiger partial charge in [-0.05, 0) is 25.5 Å². The molecule has 0 saturated heterocycles. The number of rotatable bonds is 5. The molecule has 0 amide bonds. The number of benzene rings is 2. The lowest BCUT2D eigenvalue weighted by Crippen LogP contribution is -2.89. The van der Waals surface area contributed by atoms with Gasteiger partial charge in [0.2, 0.25) is 0 Å². The zero-order chi connectivity index (χ0) is 17.2. The van der Waals surface area contributed by atoms with Gasteiger partial charge in [-0.2, -0.15) is 0 Å². The maximum absolute atomic E-state index is 10.1. The number of carbonyl (C=O) groups excluding carboxylic acids is 1. The third-order valence-corrected chi connectivity index (χ3v) is 3.45. The number of halogens is 1. The van der Waals surface area contributed by atoms with Gasteiger partial charge in [0.25, 0.3) is 0 Å². The summed E-state index contributed by atoms with van der Waals surface area (Å²) in [6, 6.07) is 16.0. The van der Waals surface area contributed by atoms with E-state index in [0.717, 1.165) is 5.56 Å². The molecule has 0 radical (unpaired) electrons. The third-order valence-electron chi connectivity index (χ3n) is 3.10. The lowest BCUT2D eigenvalue weighted by atomic mass is 10.1. The molecule has 0 bridgehead atoms. The number of carboxylic acid groups (broad SMARTS) is 1. The van der Waals surface area contributed by atoms with Crippen LogP contribution in [0, 0.1) is 0 Å². The molecule has 2 rings (SSSR count). The molecular weight excluding hydrogens is 314 g/mol. The fourth-order valence-corrected chi connectivity index (χ4v) is 2.11. The summed E-state index contributed by atoms with van der Waals surface area (Å²) in [6.07, 6.45) is -0.480. The van der Waals surface area contributed by atoms with Crippen LogP contribution in [0.5, 0.6) is 0 Å². The zero-order valence-electron chi connectivity index (χ0n) is 13.3. The standard InChI is InChI=1S/C11H16ClNO.C7H6O2/c1-8(2)13-7-11(14)9-5-3-4-6-10(9)12;8-7(9)6-4-2-1-3-5-6/h3-6,8,11,13-14H,7H2,1-2H3;1-5H,(H,8,9)/t11-;/m0./s1. The summed E-state index contributed by atoms with van der Waals surface area (Å²) in [5.74, 6) is -1.13. The molecule has 2 aromatic rings. The van der Waals surface area contributed by atoms with Crippen LogP contribution >= 0.6 is 11.6 Å². The van der Waals surface area contributed by atoms with E-state index in [9.17, 15) is 15.0 Å². The van der Waals surface area contributed by atoms with Crippen LogP contribution in [-0.4, -0.2) is 23.7 Å². The Kier molecular flexibility index (Phi) is 8.33. The lowest BCUT2D eigenvalue weighted by Gasteiger charge is -2.12. The molecule has 0 aromatic heterocycles. The van der Waals surface area contributed by atoms with Gasteiger partial charge in [0.1, 0.15) is 12.6 Å². The van der Waals surface area contributed by atoms with E-state index in [1.54, 1.807) is 24.3 Å².